The molecule has 5 nitrogen and oxygen atoms in total. The van der Waals surface area contributed by atoms with E-state index >= 15 is 0 Å². The molecule has 0 aliphatic heterocycles. The molecule has 2 amide bonds. The van der Waals surface area contributed by atoms with E-state index in [1.165, 1.54) is 13.0 Å². The fourth-order valence-corrected chi connectivity index (χ4v) is 2.04. The number of benzene rings is 1. The summed E-state index contributed by atoms with van der Waals surface area (Å²) in [6.07, 6.45) is -0.970. The van der Waals surface area contributed by atoms with E-state index < -0.39 is 41.0 Å². The highest BCUT2D eigenvalue weighted by atomic mass is 19.1. The number of hydrogen-bond acceptors (Lipinski definition) is 3. The predicted octanol–water partition coefficient (Wildman–Crippen LogP) is 2.06. The maximum atomic E-state index is 13.9. The number of carbonyl (C=O) groups excluding carboxylic acids is 2. The third-order valence-corrected chi connectivity index (χ3v) is 3.60. The fraction of sp³-hybridized carbons (Fsp3) is 0.529. The topological polar surface area (TPSA) is 78.4 Å². The summed E-state index contributed by atoms with van der Waals surface area (Å²) in [7, 11) is 0. The molecule has 0 heterocycles. The average molecular weight is 342 g/mol. The molecule has 0 fully saturated rings. The largest absolute Gasteiger partial charge is 0.391 e. The van der Waals surface area contributed by atoms with Gasteiger partial charge in [-0.2, -0.15) is 0 Å². The Balaban J connectivity index is 2.79. The lowest BCUT2D eigenvalue weighted by molar-refractivity contribution is -0.123. The number of aliphatic hydroxyl groups excluding tert-OH is 1. The summed E-state index contributed by atoms with van der Waals surface area (Å²) in [5, 5.41) is 15.0. The van der Waals surface area contributed by atoms with Crippen LogP contribution in [0.5, 0.6) is 0 Å². The van der Waals surface area contributed by atoms with Gasteiger partial charge in [0.15, 0.2) is 0 Å². The molecule has 0 aromatic heterocycles. The first-order chi connectivity index (χ1) is 11.0. The second-order valence-electron chi connectivity index (χ2n) is 6.81. The minimum Gasteiger partial charge on any atom is -0.391 e. The Morgan fingerprint density at radius 3 is 2.38 bits per heavy atom. The number of aliphatic hydroxyl groups is 1. The Morgan fingerprint density at radius 2 is 1.88 bits per heavy atom. The third kappa shape index (κ3) is 6.23. The van der Waals surface area contributed by atoms with Crippen molar-refractivity contribution >= 4 is 11.8 Å². The number of carbonyl (C=O) groups is 2. The lowest BCUT2D eigenvalue weighted by atomic mass is 9.89. The summed E-state index contributed by atoms with van der Waals surface area (Å²) in [6, 6.07) is 2.04. The minimum atomic E-state index is -0.921. The Kier molecular flexibility index (Phi) is 6.83. The van der Waals surface area contributed by atoms with Crippen LogP contribution in [-0.4, -0.2) is 29.6 Å². The Labute approximate surface area is 140 Å². The van der Waals surface area contributed by atoms with Crippen molar-refractivity contribution in [2.75, 3.05) is 6.54 Å². The molecule has 1 aromatic carbocycles. The zero-order valence-corrected chi connectivity index (χ0v) is 14.3. The molecule has 0 bridgehead atoms. The van der Waals surface area contributed by atoms with Gasteiger partial charge in [0.25, 0.3) is 0 Å². The highest BCUT2D eigenvalue weighted by Crippen LogP contribution is 2.22. The lowest BCUT2D eigenvalue weighted by Crippen LogP contribution is -2.40. The number of halogens is 2. The summed E-state index contributed by atoms with van der Waals surface area (Å²) in [6.45, 7) is 6.78. The molecule has 24 heavy (non-hydrogen) atoms. The molecule has 0 radical (unpaired) electrons. The van der Waals surface area contributed by atoms with Crippen LogP contribution in [0, 0.1) is 17.0 Å². The summed E-state index contributed by atoms with van der Waals surface area (Å²) in [5.74, 6) is -2.47. The highest BCUT2D eigenvalue weighted by Gasteiger charge is 2.24. The standard InChI is InChI=1S/C17H24F2N2O3/c1-10(22)21-14(12-6-5-11(18)7-13(12)19)8-16(24)20-9-15(23)17(2,3)4/h5-7,14-15,23H,8-9H2,1-4H3,(H,20,24)(H,21,22). The second kappa shape index (κ2) is 8.19. The first-order valence-corrected chi connectivity index (χ1v) is 7.67. The molecule has 0 aliphatic rings. The van der Waals surface area contributed by atoms with Gasteiger partial charge in [-0.15, -0.1) is 0 Å². The summed E-state index contributed by atoms with van der Waals surface area (Å²) in [4.78, 5) is 23.4. The van der Waals surface area contributed by atoms with E-state index in [4.69, 9.17) is 0 Å². The van der Waals surface area contributed by atoms with Gasteiger partial charge in [0.2, 0.25) is 11.8 Å². The maximum Gasteiger partial charge on any atom is 0.222 e. The van der Waals surface area contributed by atoms with Crippen LogP contribution in [0.2, 0.25) is 0 Å². The summed E-state index contributed by atoms with van der Waals surface area (Å²) in [5.41, 5.74) is -0.369. The quantitative estimate of drug-likeness (QED) is 0.740. The Morgan fingerprint density at radius 1 is 1.25 bits per heavy atom. The number of hydrogen-bond donors (Lipinski definition) is 3. The molecule has 1 aromatic rings. The van der Waals surface area contributed by atoms with Crippen molar-refractivity contribution in [2.24, 2.45) is 5.41 Å². The van der Waals surface area contributed by atoms with Gasteiger partial charge in [-0.25, -0.2) is 8.78 Å². The van der Waals surface area contributed by atoms with Crippen LogP contribution in [0.25, 0.3) is 0 Å². The van der Waals surface area contributed by atoms with Gasteiger partial charge >= 0.3 is 0 Å². The Hall–Kier alpha value is -2.02. The lowest BCUT2D eigenvalue weighted by Gasteiger charge is -2.26. The molecule has 3 N–H and O–H groups in total. The van der Waals surface area contributed by atoms with Crippen LogP contribution >= 0.6 is 0 Å². The van der Waals surface area contributed by atoms with Gasteiger partial charge in [0.1, 0.15) is 11.6 Å². The zero-order valence-electron chi connectivity index (χ0n) is 14.3. The number of amides is 2. The van der Waals surface area contributed by atoms with Gasteiger partial charge in [0.05, 0.1) is 18.6 Å². The SMILES string of the molecule is CC(=O)NC(CC(=O)NCC(O)C(C)(C)C)c1ccc(F)cc1F. The molecule has 0 saturated heterocycles. The van der Waals surface area contributed by atoms with Crippen molar-refractivity contribution in [3.05, 3.63) is 35.4 Å². The molecule has 2 unspecified atom stereocenters. The van der Waals surface area contributed by atoms with Crippen molar-refractivity contribution in [3.8, 4) is 0 Å². The smallest absolute Gasteiger partial charge is 0.222 e. The van der Waals surface area contributed by atoms with E-state index in [0.29, 0.717) is 6.07 Å². The molecule has 1 rings (SSSR count). The van der Waals surface area contributed by atoms with Gasteiger partial charge < -0.3 is 15.7 Å². The summed E-state index contributed by atoms with van der Waals surface area (Å²) < 4.78 is 26.9. The van der Waals surface area contributed by atoms with Crippen LogP contribution in [0.3, 0.4) is 0 Å². The fourth-order valence-electron chi connectivity index (χ4n) is 2.04. The van der Waals surface area contributed by atoms with Crippen LogP contribution in [0.4, 0.5) is 8.78 Å². The van der Waals surface area contributed by atoms with Crippen molar-refractivity contribution in [2.45, 2.75) is 46.3 Å². The monoisotopic (exact) mass is 342 g/mol. The van der Waals surface area contributed by atoms with Gasteiger partial charge in [0, 0.05) is 25.1 Å². The average Bonchev–Trinajstić information content (AvgIpc) is 2.42. The van der Waals surface area contributed by atoms with Crippen molar-refractivity contribution in [1.82, 2.24) is 10.6 Å². The van der Waals surface area contributed by atoms with Crippen molar-refractivity contribution in [1.29, 1.82) is 0 Å². The number of rotatable bonds is 6. The van der Waals surface area contributed by atoms with E-state index in [1.54, 1.807) is 0 Å². The van der Waals surface area contributed by atoms with Crippen LogP contribution in [0.1, 0.15) is 45.7 Å². The van der Waals surface area contributed by atoms with Gasteiger partial charge in [-0.05, 0) is 11.5 Å². The normalized spacial score (nSPS) is 14.0. The first kappa shape index (κ1) is 20.0. The maximum absolute atomic E-state index is 13.9. The molecule has 0 aliphatic carbocycles. The van der Waals surface area contributed by atoms with E-state index in [2.05, 4.69) is 10.6 Å². The van der Waals surface area contributed by atoms with Crippen LogP contribution in [-0.2, 0) is 9.59 Å². The Bertz CT molecular complexity index is 600. The zero-order chi connectivity index (χ0) is 18.5. The minimum absolute atomic E-state index is 0.0260. The van der Waals surface area contributed by atoms with E-state index in [1.807, 2.05) is 20.8 Å². The molecule has 7 heteroatoms. The van der Waals surface area contributed by atoms with Gasteiger partial charge in [-0.3, -0.25) is 9.59 Å². The predicted molar refractivity (Wildman–Crippen MR) is 86.0 cm³/mol. The summed E-state index contributed by atoms with van der Waals surface area (Å²) >= 11 is 0. The second-order valence-corrected chi connectivity index (χ2v) is 6.81. The number of nitrogens with one attached hydrogen (secondary N) is 2. The highest BCUT2D eigenvalue weighted by molar-refractivity contribution is 5.79. The first-order valence-electron chi connectivity index (χ1n) is 7.67. The van der Waals surface area contributed by atoms with Crippen molar-refractivity contribution in [3.63, 3.8) is 0 Å². The van der Waals surface area contributed by atoms with E-state index in [-0.39, 0.29) is 18.5 Å². The van der Waals surface area contributed by atoms with Crippen LogP contribution in [0.15, 0.2) is 18.2 Å². The van der Waals surface area contributed by atoms with Crippen molar-refractivity contribution < 1.29 is 23.5 Å². The van der Waals surface area contributed by atoms with Crippen LogP contribution < -0.4 is 10.6 Å². The molecule has 0 saturated carbocycles. The molecule has 0 spiro atoms. The molecule has 134 valence electrons. The third-order valence-electron chi connectivity index (χ3n) is 3.60. The molecular formula is C17H24F2N2O3. The van der Waals surface area contributed by atoms with E-state index in [0.717, 1.165) is 6.07 Å². The van der Waals surface area contributed by atoms with Gasteiger partial charge in [-0.1, -0.05) is 26.8 Å². The van der Waals surface area contributed by atoms with E-state index in [9.17, 15) is 23.5 Å². The molecular weight excluding hydrogens is 318 g/mol. The molecule has 2 atom stereocenters.